The van der Waals surface area contributed by atoms with E-state index in [1.807, 2.05) is 6.92 Å². The van der Waals surface area contributed by atoms with Gasteiger partial charge in [0.2, 0.25) is 0 Å². The molecular weight excluding hydrogens is 212 g/mol. The van der Waals surface area contributed by atoms with Crippen molar-refractivity contribution in [1.82, 2.24) is 9.97 Å². The van der Waals surface area contributed by atoms with Gasteiger partial charge in [-0.2, -0.15) is 0 Å². The van der Waals surface area contributed by atoms with Gasteiger partial charge in [0.25, 0.3) is 0 Å². The molecule has 2 rings (SSSR count). The Kier molecular flexibility index (Phi) is 3.94. The molecule has 4 heteroatoms. The lowest BCUT2D eigenvalue weighted by Gasteiger charge is -2.32. The molecule has 17 heavy (non-hydrogen) atoms. The smallest absolute Gasteiger partial charge is 0.132 e. The average Bonchev–Trinajstić information content (AvgIpc) is 2.38. The van der Waals surface area contributed by atoms with Gasteiger partial charge in [0.1, 0.15) is 11.6 Å². The van der Waals surface area contributed by atoms with Gasteiger partial charge in [-0.05, 0) is 32.2 Å². The fraction of sp³-hybridized carbons (Fsp3) is 0.692. The van der Waals surface area contributed by atoms with E-state index in [9.17, 15) is 0 Å². The van der Waals surface area contributed by atoms with E-state index in [1.54, 1.807) is 0 Å². The lowest BCUT2D eigenvalue weighted by Crippen LogP contribution is -2.36. The van der Waals surface area contributed by atoms with Gasteiger partial charge in [-0.1, -0.05) is 6.92 Å². The highest BCUT2D eigenvalue weighted by molar-refractivity contribution is 5.40. The van der Waals surface area contributed by atoms with Crippen molar-refractivity contribution in [3.05, 3.63) is 17.6 Å². The third kappa shape index (κ3) is 2.94. The largest absolute Gasteiger partial charge is 0.356 e. The van der Waals surface area contributed by atoms with E-state index < -0.39 is 0 Å². The van der Waals surface area contributed by atoms with Crippen LogP contribution in [0.3, 0.4) is 0 Å². The van der Waals surface area contributed by atoms with E-state index in [2.05, 4.69) is 27.9 Å². The number of aromatic nitrogens is 2. The van der Waals surface area contributed by atoms with Crippen LogP contribution in [-0.4, -0.2) is 29.6 Å². The van der Waals surface area contributed by atoms with Crippen molar-refractivity contribution in [3.63, 3.8) is 0 Å². The van der Waals surface area contributed by atoms with E-state index in [0.29, 0.717) is 5.92 Å². The van der Waals surface area contributed by atoms with Gasteiger partial charge >= 0.3 is 0 Å². The molecule has 0 amide bonds. The van der Waals surface area contributed by atoms with Crippen molar-refractivity contribution in [3.8, 4) is 0 Å². The highest BCUT2D eigenvalue weighted by Gasteiger charge is 2.19. The molecule has 1 aliphatic rings. The summed E-state index contributed by atoms with van der Waals surface area (Å²) in [6, 6.07) is 2.09. The molecule has 94 valence electrons. The zero-order valence-corrected chi connectivity index (χ0v) is 10.8. The van der Waals surface area contributed by atoms with Crippen molar-refractivity contribution < 1.29 is 0 Å². The molecule has 0 bridgehead atoms. The quantitative estimate of drug-likeness (QED) is 0.861. The number of nitrogens with zero attached hydrogens (tertiary/aromatic N) is 3. The number of nitrogens with two attached hydrogens (primary N) is 1. The Balaban J connectivity index is 2.10. The SMILES string of the molecule is CCc1nc(C)cc(N2CCC(CN)CC2)n1. The maximum atomic E-state index is 5.71. The minimum absolute atomic E-state index is 0.694. The Hall–Kier alpha value is -1.16. The molecule has 0 spiro atoms. The molecule has 0 radical (unpaired) electrons. The van der Waals surface area contributed by atoms with Crippen LogP contribution in [0.4, 0.5) is 5.82 Å². The maximum Gasteiger partial charge on any atom is 0.132 e. The number of anilines is 1. The summed E-state index contributed by atoms with van der Waals surface area (Å²) in [5, 5.41) is 0. The fourth-order valence-electron chi connectivity index (χ4n) is 2.33. The molecule has 0 saturated carbocycles. The zero-order chi connectivity index (χ0) is 12.3. The summed E-state index contributed by atoms with van der Waals surface area (Å²) in [5.41, 5.74) is 6.78. The van der Waals surface area contributed by atoms with Crippen LogP contribution in [-0.2, 0) is 6.42 Å². The maximum absolute atomic E-state index is 5.71. The van der Waals surface area contributed by atoms with Crippen LogP contribution in [0.15, 0.2) is 6.07 Å². The van der Waals surface area contributed by atoms with Crippen molar-refractivity contribution in [2.75, 3.05) is 24.5 Å². The highest BCUT2D eigenvalue weighted by atomic mass is 15.2. The molecule has 1 fully saturated rings. The van der Waals surface area contributed by atoms with Crippen LogP contribution in [0.25, 0.3) is 0 Å². The second-order valence-corrected chi connectivity index (χ2v) is 4.80. The summed E-state index contributed by atoms with van der Waals surface area (Å²) in [6.45, 7) is 7.09. The summed E-state index contributed by atoms with van der Waals surface area (Å²) in [6.07, 6.45) is 3.26. The van der Waals surface area contributed by atoms with Crippen LogP contribution in [0.5, 0.6) is 0 Å². The third-order valence-electron chi connectivity index (χ3n) is 3.48. The van der Waals surface area contributed by atoms with Crippen molar-refractivity contribution in [2.45, 2.75) is 33.1 Å². The Morgan fingerprint density at radius 2 is 2.06 bits per heavy atom. The standard InChI is InChI=1S/C13H22N4/c1-3-12-15-10(2)8-13(16-12)17-6-4-11(9-14)5-7-17/h8,11H,3-7,9,14H2,1-2H3. The first-order valence-corrected chi connectivity index (χ1v) is 6.52. The molecule has 0 aliphatic carbocycles. The van der Waals surface area contributed by atoms with E-state index in [0.717, 1.165) is 43.4 Å². The number of piperidine rings is 1. The number of hydrogen-bond donors (Lipinski definition) is 1. The molecule has 1 aliphatic heterocycles. The fourth-order valence-corrected chi connectivity index (χ4v) is 2.33. The molecule has 1 saturated heterocycles. The van der Waals surface area contributed by atoms with Gasteiger partial charge in [0.15, 0.2) is 0 Å². The Morgan fingerprint density at radius 3 is 2.65 bits per heavy atom. The predicted molar refractivity (Wildman–Crippen MR) is 70.1 cm³/mol. The molecular formula is C13H22N4. The summed E-state index contributed by atoms with van der Waals surface area (Å²) in [4.78, 5) is 11.4. The Labute approximate surface area is 103 Å². The van der Waals surface area contributed by atoms with Gasteiger partial charge in [-0.15, -0.1) is 0 Å². The molecule has 0 aromatic carbocycles. The summed E-state index contributed by atoms with van der Waals surface area (Å²) < 4.78 is 0. The molecule has 1 aromatic heterocycles. The van der Waals surface area contributed by atoms with Crippen LogP contribution >= 0.6 is 0 Å². The van der Waals surface area contributed by atoms with Gasteiger partial charge in [0.05, 0.1) is 0 Å². The topological polar surface area (TPSA) is 55.0 Å². The van der Waals surface area contributed by atoms with Crippen LogP contribution in [0.1, 0.15) is 31.3 Å². The van der Waals surface area contributed by atoms with Gasteiger partial charge in [-0.25, -0.2) is 9.97 Å². The highest BCUT2D eigenvalue weighted by Crippen LogP contribution is 2.21. The first-order valence-electron chi connectivity index (χ1n) is 6.52. The Morgan fingerprint density at radius 1 is 1.35 bits per heavy atom. The van der Waals surface area contributed by atoms with Gasteiger partial charge in [0, 0.05) is 31.3 Å². The van der Waals surface area contributed by atoms with Crippen molar-refractivity contribution in [1.29, 1.82) is 0 Å². The zero-order valence-electron chi connectivity index (χ0n) is 10.8. The minimum Gasteiger partial charge on any atom is -0.356 e. The van der Waals surface area contributed by atoms with Crippen molar-refractivity contribution >= 4 is 5.82 Å². The van der Waals surface area contributed by atoms with Crippen LogP contribution in [0, 0.1) is 12.8 Å². The monoisotopic (exact) mass is 234 g/mol. The number of aryl methyl sites for hydroxylation is 2. The summed E-state index contributed by atoms with van der Waals surface area (Å²) >= 11 is 0. The molecule has 1 aromatic rings. The molecule has 0 unspecified atom stereocenters. The van der Waals surface area contributed by atoms with Crippen LogP contribution < -0.4 is 10.6 Å². The molecule has 2 heterocycles. The number of rotatable bonds is 3. The second-order valence-electron chi connectivity index (χ2n) is 4.80. The van der Waals surface area contributed by atoms with Gasteiger partial charge < -0.3 is 10.6 Å². The number of hydrogen-bond acceptors (Lipinski definition) is 4. The lowest BCUT2D eigenvalue weighted by molar-refractivity contribution is 0.412. The van der Waals surface area contributed by atoms with Crippen molar-refractivity contribution in [2.24, 2.45) is 11.7 Å². The first-order chi connectivity index (χ1) is 8.22. The van der Waals surface area contributed by atoms with E-state index in [1.165, 1.54) is 12.8 Å². The third-order valence-corrected chi connectivity index (χ3v) is 3.48. The normalized spacial score (nSPS) is 17.5. The lowest BCUT2D eigenvalue weighted by atomic mass is 9.97. The van der Waals surface area contributed by atoms with Crippen LogP contribution in [0.2, 0.25) is 0 Å². The molecule has 2 N–H and O–H groups in total. The molecule has 0 atom stereocenters. The first kappa shape index (κ1) is 12.3. The summed E-state index contributed by atoms with van der Waals surface area (Å²) in [5.74, 6) is 2.73. The summed E-state index contributed by atoms with van der Waals surface area (Å²) in [7, 11) is 0. The van der Waals surface area contributed by atoms with E-state index in [4.69, 9.17) is 5.73 Å². The predicted octanol–water partition coefficient (Wildman–Crippen LogP) is 1.52. The van der Waals surface area contributed by atoms with E-state index in [-0.39, 0.29) is 0 Å². The van der Waals surface area contributed by atoms with Gasteiger partial charge in [-0.3, -0.25) is 0 Å². The minimum atomic E-state index is 0.694. The second kappa shape index (κ2) is 5.45. The molecule has 4 nitrogen and oxygen atoms in total. The average molecular weight is 234 g/mol. The Bertz CT molecular complexity index is 370. The van der Waals surface area contributed by atoms with E-state index >= 15 is 0 Å².